The Kier molecular flexibility index (Phi) is 13.3. The van der Waals surface area contributed by atoms with Crippen LogP contribution in [0, 0.1) is 0 Å². The molecular formula is C26H37Cl4N7O. The minimum absolute atomic E-state index is 0. The summed E-state index contributed by atoms with van der Waals surface area (Å²) >= 11 is 0. The Morgan fingerprint density at radius 2 is 1.61 bits per heavy atom. The molecule has 1 aromatic carbocycles. The van der Waals surface area contributed by atoms with Gasteiger partial charge in [0.05, 0.1) is 5.69 Å². The molecule has 5 rings (SSSR count). The summed E-state index contributed by atoms with van der Waals surface area (Å²) in [5.41, 5.74) is 4.07. The fraction of sp³-hybridized carbons (Fsp3) is 0.423. The Balaban J connectivity index is 0.00000180. The molecule has 0 radical (unpaired) electrons. The predicted octanol–water partition coefficient (Wildman–Crippen LogP) is 3.82. The van der Waals surface area contributed by atoms with Crippen LogP contribution in [-0.4, -0.2) is 72.3 Å². The van der Waals surface area contributed by atoms with Gasteiger partial charge in [0.1, 0.15) is 0 Å². The smallest absolute Gasteiger partial charge is 0.255 e. The number of rotatable bonds is 5. The number of nitrogens with zero attached hydrogens (tertiary/aromatic N) is 6. The van der Waals surface area contributed by atoms with Gasteiger partial charge in [0.15, 0.2) is 0 Å². The number of hydrogen-bond acceptors (Lipinski definition) is 7. The Labute approximate surface area is 249 Å². The second-order valence-electron chi connectivity index (χ2n) is 9.47. The highest BCUT2D eigenvalue weighted by Crippen LogP contribution is 2.27. The summed E-state index contributed by atoms with van der Waals surface area (Å²) in [6.45, 7) is 4.57. The van der Waals surface area contributed by atoms with Crippen LogP contribution in [0.4, 0.5) is 11.6 Å². The van der Waals surface area contributed by atoms with E-state index < -0.39 is 0 Å². The van der Waals surface area contributed by atoms with Crippen molar-refractivity contribution in [1.82, 2.24) is 24.8 Å². The fourth-order valence-corrected chi connectivity index (χ4v) is 4.95. The summed E-state index contributed by atoms with van der Waals surface area (Å²) in [6, 6.07) is 15.1. The molecule has 0 amide bonds. The van der Waals surface area contributed by atoms with Crippen LogP contribution in [0.3, 0.4) is 0 Å². The molecule has 2 atom stereocenters. The van der Waals surface area contributed by atoms with Gasteiger partial charge in [-0.1, -0.05) is 12.1 Å². The van der Waals surface area contributed by atoms with Crippen LogP contribution in [0.5, 0.6) is 0 Å². The highest BCUT2D eigenvalue weighted by Gasteiger charge is 2.26. The van der Waals surface area contributed by atoms with Crippen molar-refractivity contribution in [2.75, 3.05) is 56.6 Å². The monoisotopic (exact) mass is 603 g/mol. The maximum absolute atomic E-state index is 12.7. The third-order valence-corrected chi connectivity index (χ3v) is 7.10. The van der Waals surface area contributed by atoms with Crippen molar-refractivity contribution in [2.45, 2.75) is 18.5 Å². The summed E-state index contributed by atoms with van der Waals surface area (Å²) in [4.78, 5) is 28.7. The molecule has 1 N–H and O–H groups in total. The van der Waals surface area contributed by atoms with E-state index >= 15 is 0 Å². The number of benzene rings is 1. The summed E-state index contributed by atoms with van der Waals surface area (Å²) in [5.74, 6) is 0.703. The lowest BCUT2D eigenvalue weighted by atomic mass is 10.0. The van der Waals surface area contributed by atoms with E-state index in [1.807, 2.05) is 12.1 Å². The van der Waals surface area contributed by atoms with Gasteiger partial charge in [-0.2, -0.15) is 0 Å². The van der Waals surface area contributed by atoms with E-state index in [0.29, 0.717) is 17.7 Å². The van der Waals surface area contributed by atoms with E-state index in [2.05, 4.69) is 63.4 Å². The maximum Gasteiger partial charge on any atom is 0.255 e. The second kappa shape index (κ2) is 14.9. The van der Waals surface area contributed by atoms with E-state index in [4.69, 9.17) is 4.98 Å². The van der Waals surface area contributed by atoms with Crippen molar-refractivity contribution in [3.8, 4) is 11.3 Å². The van der Waals surface area contributed by atoms with Crippen molar-refractivity contribution < 1.29 is 0 Å². The molecule has 12 heteroatoms. The first-order chi connectivity index (χ1) is 16.5. The number of piperazine rings is 1. The Morgan fingerprint density at radius 1 is 0.921 bits per heavy atom. The van der Waals surface area contributed by atoms with Gasteiger partial charge < -0.3 is 20.0 Å². The topological polar surface area (TPSA) is 69.5 Å². The third-order valence-electron chi connectivity index (χ3n) is 7.10. The molecule has 4 heterocycles. The van der Waals surface area contributed by atoms with Gasteiger partial charge in [-0.05, 0) is 50.3 Å². The molecule has 38 heavy (non-hydrogen) atoms. The number of aromatic nitrogens is 3. The minimum Gasteiger partial charge on any atom is -0.370 e. The van der Waals surface area contributed by atoms with Crippen molar-refractivity contribution >= 4 is 61.3 Å². The standard InChI is InChI=1S/C26H33N7O.4ClH/c1-30(2)22-10-14-32(17-22)21-6-4-19(5-7-21)24-18-33(15-13-28-24)26-29-23(16-25(34)31(26)3)20-8-11-27-12-9-20;;;;/h4-9,11-12,16,22,24,28H,10,13-15,17-18H2,1-3H3;4*1H/t22-,24+;;;;/m0..../s1. The molecular weight excluding hydrogens is 568 g/mol. The average Bonchev–Trinajstić information content (AvgIpc) is 3.37. The van der Waals surface area contributed by atoms with Crippen LogP contribution < -0.4 is 20.7 Å². The summed E-state index contributed by atoms with van der Waals surface area (Å²) in [7, 11) is 6.12. The quantitative estimate of drug-likeness (QED) is 0.475. The molecule has 2 fully saturated rings. The highest BCUT2D eigenvalue weighted by molar-refractivity contribution is 5.86. The minimum atomic E-state index is -0.0575. The van der Waals surface area contributed by atoms with Crippen LogP contribution in [0.15, 0.2) is 59.7 Å². The van der Waals surface area contributed by atoms with Crippen molar-refractivity contribution in [2.24, 2.45) is 7.05 Å². The zero-order valence-corrected chi connectivity index (χ0v) is 25.1. The predicted molar refractivity (Wildman–Crippen MR) is 165 cm³/mol. The number of pyridine rings is 1. The lowest BCUT2D eigenvalue weighted by Gasteiger charge is -2.35. The first-order valence-corrected chi connectivity index (χ1v) is 12.0. The summed E-state index contributed by atoms with van der Waals surface area (Å²) in [6.07, 6.45) is 4.65. The number of halogens is 4. The molecule has 2 aliphatic heterocycles. The number of hydrogen-bond donors (Lipinski definition) is 1. The molecule has 3 aromatic rings. The van der Waals surface area contributed by atoms with Crippen LogP contribution in [0.2, 0.25) is 0 Å². The zero-order valence-electron chi connectivity index (χ0n) is 21.8. The Morgan fingerprint density at radius 3 is 2.24 bits per heavy atom. The van der Waals surface area contributed by atoms with Gasteiger partial charge in [-0.3, -0.25) is 14.3 Å². The maximum atomic E-state index is 12.7. The summed E-state index contributed by atoms with van der Waals surface area (Å²) < 4.78 is 1.64. The molecule has 8 nitrogen and oxygen atoms in total. The van der Waals surface area contributed by atoms with Gasteiger partial charge >= 0.3 is 0 Å². The fourth-order valence-electron chi connectivity index (χ4n) is 4.95. The van der Waals surface area contributed by atoms with Crippen molar-refractivity contribution in [3.63, 3.8) is 0 Å². The lowest BCUT2D eigenvalue weighted by Crippen LogP contribution is -2.47. The number of likely N-dealkylation sites (N-methyl/N-ethyl adjacent to an activating group) is 1. The van der Waals surface area contributed by atoms with E-state index in [1.54, 1.807) is 30.1 Å². The van der Waals surface area contributed by atoms with Crippen molar-refractivity contribution in [3.05, 3.63) is 70.8 Å². The molecule has 0 spiro atoms. The zero-order chi connectivity index (χ0) is 23.7. The van der Waals surface area contributed by atoms with E-state index in [0.717, 1.165) is 38.3 Å². The molecule has 0 saturated carbocycles. The molecule has 2 aromatic heterocycles. The van der Waals surface area contributed by atoms with E-state index in [9.17, 15) is 4.79 Å². The third kappa shape index (κ3) is 7.31. The molecule has 0 aliphatic carbocycles. The van der Waals surface area contributed by atoms with Gasteiger partial charge in [0.2, 0.25) is 5.95 Å². The van der Waals surface area contributed by atoms with Gasteiger partial charge in [0, 0.05) is 81.6 Å². The number of anilines is 2. The lowest BCUT2D eigenvalue weighted by molar-refractivity contribution is 0.315. The molecule has 2 saturated heterocycles. The van der Waals surface area contributed by atoms with Gasteiger partial charge in [-0.25, -0.2) is 4.98 Å². The molecule has 2 aliphatic rings. The van der Waals surface area contributed by atoms with E-state index in [1.165, 1.54) is 17.7 Å². The normalized spacial score (nSPS) is 18.6. The molecule has 210 valence electrons. The van der Waals surface area contributed by atoms with Gasteiger partial charge in [0.25, 0.3) is 5.56 Å². The average molecular weight is 605 g/mol. The number of nitrogens with one attached hydrogen (secondary N) is 1. The van der Waals surface area contributed by atoms with Crippen LogP contribution in [0.25, 0.3) is 11.3 Å². The second-order valence-corrected chi connectivity index (χ2v) is 9.47. The Hall–Kier alpha value is -2.07. The van der Waals surface area contributed by atoms with Crippen molar-refractivity contribution in [1.29, 1.82) is 0 Å². The van der Waals surface area contributed by atoms with Crippen LogP contribution >= 0.6 is 49.6 Å². The first kappa shape index (κ1) is 34.0. The van der Waals surface area contributed by atoms with E-state index in [-0.39, 0.29) is 61.2 Å². The SMILES string of the molecule is CN(C)[C@H]1CCN(c2ccc([C@H]3CN(c4nc(-c5ccncc5)cc(=O)n4C)CCN3)cc2)C1.Cl.Cl.Cl.Cl. The highest BCUT2D eigenvalue weighted by atomic mass is 35.5. The molecule has 0 unspecified atom stereocenters. The van der Waals surface area contributed by atoms with Crippen LogP contribution in [-0.2, 0) is 7.05 Å². The molecule has 0 bridgehead atoms. The largest absolute Gasteiger partial charge is 0.370 e. The summed E-state index contributed by atoms with van der Waals surface area (Å²) in [5, 5.41) is 3.64. The Bertz CT molecular complexity index is 1190. The first-order valence-electron chi connectivity index (χ1n) is 12.0. The van der Waals surface area contributed by atoms with Crippen LogP contribution in [0.1, 0.15) is 18.0 Å². The van der Waals surface area contributed by atoms with Gasteiger partial charge in [-0.15, -0.1) is 49.6 Å².